The Kier molecular flexibility index (Phi) is 5.71. The molecule has 5 heteroatoms. The van der Waals surface area contributed by atoms with Crippen molar-refractivity contribution in [3.63, 3.8) is 0 Å². The molecule has 0 aliphatic carbocycles. The van der Waals surface area contributed by atoms with Crippen molar-refractivity contribution in [2.24, 2.45) is 0 Å². The number of esters is 2. The number of carbonyl (C=O) groups is 2. The minimum absolute atomic E-state index is 0.193. The molecule has 3 aromatic rings. The standard InChI is InChI=1S/C22H21NO4/c1-3-26-21(24)18-15-23(17-13-9-6-10-14-17)20(16-11-7-5-8-12-16)19(18)22(25)27-4-2/h5-15H,3-4H2,1-2H3. The van der Waals surface area contributed by atoms with Crippen LogP contribution < -0.4 is 0 Å². The minimum Gasteiger partial charge on any atom is -0.462 e. The van der Waals surface area contributed by atoms with Crippen LogP contribution in [0, 0.1) is 0 Å². The molecule has 0 radical (unpaired) electrons. The Hall–Kier alpha value is -3.34. The van der Waals surface area contributed by atoms with Crippen LogP contribution in [0.4, 0.5) is 0 Å². The zero-order valence-electron chi connectivity index (χ0n) is 15.3. The number of benzene rings is 2. The van der Waals surface area contributed by atoms with E-state index in [0.717, 1.165) is 11.3 Å². The highest BCUT2D eigenvalue weighted by molar-refractivity contribution is 6.08. The SMILES string of the molecule is CCOC(=O)c1cn(-c2ccccc2)c(-c2ccccc2)c1C(=O)OCC. The molecule has 1 heterocycles. The second-order valence-electron chi connectivity index (χ2n) is 5.78. The predicted octanol–water partition coefficient (Wildman–Crippen LogP) is 4.50. The van der Waals surface area contributed by atoms with Gasteiger partial charge in [0, 0.05) is 11.9 Å². The second kappa shape index (κ2) is 8.36. The van der Waals surface area contributed by atoms with E-state index in [0.29, 0.717) is 5.69 Å². The van der Waals surface area contributed by atoms with Crippen LogP contribution in [0.15, 0.2) is 66.9 Å². The molecular formula is C22H21NO4. The van der Waals surface area contributed by atoms with Crippen molar-refractivity contribution in [1.82, 2.24) is 4.57 Å². The molecule has 0 N–H and O–H groups in total. The number of aromatic nitrogens is 1. The van der Waals surface area contributed by atoms with Gasteiger partial charge in [-0.2, -0.15) is 0 Å². The maximum absolute atomic E-state index is 12.8. The van der Waals surface area contributed by atoms with Crippen molar-refractivity contribution in [3.05, 3.63) is 78.0 Å². The lowest BCUT2D eigenvalue weighted by molar-refractivity contribution is 0.0481. The zero-order chi connectivity index (χ0) is 19.2. The maximum Gasteiger partial charge on any atom is 0.341 e. The third kappa shape index (κ3) is 3.77. The molecule has 27 heavy (non-hydrogen) atoms. The van der Waals surface area contributed by atoms with Gasteiger partial charge in [-0.25, -0.2) is 9.59 Å². The van der Waals surface area contributed by atoms with Gasteiger partial charge in [0.15, 0.2) is 0 Å². The lowest BCUT2D eigenvalue weighted by atomic mass is 10.0. The first-order valence-corrected chi connectivity index (χ1v) is 8.87. The molecular weight excluding hydrogens is 342 g/mol. The van der Waals surface area contributed by atoms with Crippen LogP contribution in [0.3, 0.4) is 0 Å². The molecule has 0 bridgehead atoms. The van der Waals surface area contributed by atoms with Gasteiger partial charge in [0.05, 0.1) is 24.5 Å². The monoisotopic (exact) mass is 363 g/mol. The molecule has 0 atom stereocenters. The fourth-order valence-electron chi connectivity index (χ4n) is 2.95. The van der Waals surface area contributed by atoms with E-state index in [1.54, 1.807) is 20.0 Å². The highest BCUT2D eigenvalue weighted by Gasteiger charge is 2.29. The van der Waals surface area contributed by atoms with E-state index < -0.39 is 11.9 Å². The van der Waals surface area contributed by atoms with Crippen LogP contribution in [0.2, 0.25) is 0 Å². The van der Waals surface area contributed by atoms with Gasteiger partial charge in [-0.3, -0.25) is 0 Å². The summed E-state index contributed by atoms with van der Waals surface area (Å²) in [7, 11) is 0. The molecule has 1 aromatic heterocycles. The maximum atomic E-state index is 12.8. The third-order valence-corrected chi connectivity index (χ3v) is 4.06. The lowest BCUT2D eigenvalue weighted by Gasteiger charge is -2.12. The second-order valence-corrected chi connectivity index (χ2v) is 5.78. The van der Waals surface area contributed by atoms with E-state index in [1.165, 1.54) is 0 Å². The summed E-state index contributed by atoms with van der Waals surface area (Å²) in [6.45, 7) is 3.90. The summed E-state index contributed by atoms with van der Waals surface area (Å²) in [6.07, 6.45) is 1.64. The number of carbonyl (C=O) groups excluding carboxylic acids is 2. The molecule has 0 aliphatic rings. The van der Waals surface area contributed by atoms with Gasteiger partial charge < -0.3 is 14.0 Å². The van der Waals surface area contributed by atoms with E-state index in [2.05, 4.69) is 0 Å². The zero-order valence-corrected chi connectivity index (χ0v) is 15.3. The van der Waals surface area contributed by atoms with Crippen LogP contribution in [-0.4, -0.2) is 29.7 Å². The Bertz CT molecular complexity index is 930. The first kappa shape index (κ1) is 18.5. The smallest absolute Gasteiger partial charge is 0.341 e. The molecule has 0 saturated carbocycles. The van der Waals surface area contributed by atoms with Crippen LogP contribution >= 0.6 is 0 Å². The van der Waals surface area contributed by atoms with Gasteiger partial charge in [0.2, 0.25) is 0 Å². The minimum atomic E-state index is -0.549. The Balaban J connectivity index is 2.31. The fourth-order valence-corrected chi connectivity index (χ4v) is 2.95. The van der Waals surface area contributed by atoms with Gasteiger partial charge in [0.25, 0.3) is 0 Å². The number of hydrogen-bond donors (Lipinski definition) is 0. The molecule has 0 spiro atoms. The van der Waals surface area contributed by atoms with E-state index >= 15 is 0 Å². The van der Waals surface area contributed by atoms with E-state index in [4.69, 9.17) is 9.47 Å². The van der Waals surface area contributed by atoms with Gasteiger partial charge in [0.1, 0.15) is 5.56 Å². The molecule has 3 rings (SSSR count). The average molecular weight is 363 g/mol. The molecule has 2 aromatic carbocycles. The normalized spacial score (nSPS) is 10.4. The summed E-state index contributed by atoms with van der Waals surface area (Å²) in [5.74, 6) is -1.10. The summed E-state index contributed by atoms with van der Waals surface area (Å²) in [5, 5.41) is 0. The number of nitrogens with zero attached hydrogens (tertiary/aromatic N) is 1. The van der Waals surface area contributed by atoms with Crippen molar-refractivity contribution in [1.29, 1.82) is 0 Å². The van der Waals surface area contributed by atoms with E-state index in [9.17, 15) is 9.59 Å². The summed E-state index contributed by atoms with van der Waals surface area (Å²) in [4.78, 5) is 25.3. The number of rotatable bonds is 6. The van der Waals surface area contributed by atoms with Gasteiger partial charge in [-0.15, -0.1) is 0 Å². The average Bonchev–Trinajstić information content (AvgIpc) is 3.10. The van der Waals surface area contributed by atoms with Gasteiger partial charge >= 0.3 is 11.9 Å². The fraction of sp³-hybridized carbons (Fsp3) is 0.182. The number of ether oxygens (including phenoxy) is 2. The molecule has 0 fully saturated rings. The molecule has 0 aliphatic heterocycles. The number of para-hydroxylation sites is 1. The highest BCUT2D eigenvalue weighted by atomic mass is 16.5. The quantitative estimate of drug-likeness (QED) is 0.605. The number of hydrogen-bond acceptors (Lipinski definition) is 4. The third-order valence-electron chi connectivity index (χ3n) is 4.06. The molecule has 0 amide bonds. The van der Waals surface area contributed by atoms with E-state index in [-0.39, 0.29) is 24.3 Å². The molecule has 0 unspecified atom stereocenters. The van der Waals surface area contributed by atoms with Crippen LogP contribution in [0.5, 0.6) is 0 Å². The van der Waals surface area contributed by atoms with Gasteiger partial charge in [-0.1, -0.05) is 48.5 Å². The Morgan fingerprint density at radius 3 is 1.96 bits per heavy atom. The lowest BCUT2D eigenvalue weighted by Crippen LogP contribution is -2.13. The first-order valence-electron chi connectivity index (χ1n) is 8.87. The molecule has 0 saturated heterocycles. The van der Waals surface area contributed by atoms with Crippen molar-refractivity contribution in [2.75, 3.05) is 13.2 Å². The highest BCUT2D eigenvalue weighted by Crippen LogP contribution is 2.32. The van der Waals surface area contributed by atoms with Crippen LogP contribution in [0.1, 0.15) is 34.6 Å². The molecule has 5 nitrogen and oxygen atoms in total. The predicted molar refractivity (Wildman–Crippen MR) is 103 cm³/mol. The Morgan fingerprint density at radius 1 is 0.815 bits per heavy atom. The Labute approximate surface area is 158 Å². The van der Waals surface area contributed by atoms with Gasteiger partial charge in [-0.05, 0) is 31.5 Å². The van der Waals surface area contributed by atoms with Crippen molar-refractivity contribution >= 4 is 11.9 Å². The summed E-state index contributed by atoms with van der Waals surface area (Å²) in [6, 6.07) is 19.0. The largest absolute Gasteiger partial charge is 0.462 e. The van der Waals surface area contributed by atoms with Crippen LogP contribution in [-0.2, 0) is 9.47 Å². The van der Waals surface area contributed by atoms with Crippen molar-refractivity contribution < 1.29 is 19.1 Å². The topological polar surface area (TPSA) is 57.5 Å². The molecule has 138 valence electrons. The van der Waals surface area contributed by atoms with E-state index in [1.807, 2.05) is 65.2 Å². The Morgan fingerprint density at radius 2 is 1.37 bits per heavy atom. The van der Waals surface area contributed by atoms with Crippen molar-refractivity contribution in [2.45, 2.75) is 13.8 Å². The van der Waals surface area contributed by atoms with Crippen LogP contribution in [0.25, 0.3) is 16.9 Å². The first-order chi connectivity index (χ1) is 13.2. The summed E-state index contributed by atoms with van der Waals surface area (Å²) < 4.78 is 12.3. The van der Waals surface area contributed by atoms with Crippen molar-refractivity contribution in [3.8, 4) is 16.9 Å². The summed E-state index contributed by atoms with van der Waals surface area (Å²) in [5.41, 5.74) is 2.64. The summed E-state index contributed by atoms with van der Waals surface area (Å²) >= 11 is 0.